The Balaban J connectivity index is 2.05. The van der Waals surface area contributed by atoms with Crippen molar-refractivity contribution in [1.29, 1.82) is 0 Å². The summed E-state index contributed by atoms with van der Waals surface area (Å²) in [6.07, 6.45) is -3.37. The highest BCUT2D eigenvalue weighted by Crippen LogP contribution is 2.28. The summed E-state index contributed by atoms with van der Waals surface area (Å²) >= 11 is 0. The van der Waals surface area contributed by atoms with Crippen molar-refractivity contribution in [2.75, 3.05) is 6.54 Å². The van der Waals surface area contributed by atoms with Crippen LogP contribution in [0.5, 0.6) is 0 Å². The molecule has 13 nitrogen and oxygen atoms in total. The van der Waals surface area contributed by atoms with Crippen molar-refractivity contribution >= 4 is 30.1 Å². The number of nitrogens with two attached hydrogens (primary N) is 3. The molecule has 7 N–H and O–H groups in total. The predicted molar refractivity (Wildman–Crippen MR) is 155 cm³/mol. The van der Waals surface area contributed by atoms with Gasteiger partial charge in [-0.1, -0.05) is 91.0 Å². The summed E-state index contributed by atoms with van der Waals surface area (Å²) < 4.78 is 16.0. The smallest absolute Gasteiger partial charge is 0.421 e. The van der Waals surface area contributed by atoms with Crippen LogP contribution >= 0.6 is 0 Å². The van der Waals surface area contributed by atoms with E-state index in [1.54, 1.807) is 91.0 Å². The first-order valence-electron chi connectivity index (χ1n) is 13.1. The van der Waals surface area contributed by atoms with Gasteiger partial charge in [0.25, 0.3) is 5.54 Å². The van der Waals surface area contributed by atoms with Gasteiger partial charge in [-0.2, -0.15) is 4.90 Å². The molecule has 0 saturated heterocycles. The Morgan fingerprint density at radius 3 is 1.49 bits per heavy atom. The SMILES string of the molecule is NC(N)=NCCC(N)[C@](C(=O)O)(C(=O)OCc1ccccc1)N(C(=O)OCc1ccccc1)C(=O)OCc1ccccc1. The number of hydrogen-bond donors (Lipinski definition) is 4. The Labute approximate surface area is 247 Å². The van der Waals surface area contributed by atoms with Crippen LogP contribution in [0.4, 0.5) is 9.59 Å². The highest BCUT2D eigenvalue weighted by molar-refractivity contribution is 6.11. The fourth-order valence-electron chi connectivity index (χ4n) is 4.06. The number of benzene rings is 3. The molecule has 0 aliphatic heterocycles. The maximum atomic E-state index is 13.8. The molecule has 0 saturated carbocycles. The van der Waals surface area contributed by atoms with Gasteiger partial charge in [0.05, 0.1) is 6.04 Å². The van der Waals surface area contributed by atoms with Gasteiger partial charge in [-0.05, 0) is 23.1 Å². The van der Waals surface area contributed by atoms with Gasteiger partial charge in [-0.25, -0.2) is 19.2 Å². The van der Waals surface area contributed by atoms with Gasteiger partial charge in [0, 0.05) is 6.54 Å². The van der Waals surface area contributed by atoms with E-state index in [2.05, 4.69) is 4.99 Å². The van der Waals surface area contributed by atoms with Crippen LogP contribution in [0.15, 0.2) is 96.0 Å². The molecule has 2 amide bonds. The Hall–Kier alpha value is -5.43. The third kappa shape index (κ3) is 8.53. The summed E-state index contributed by atoms with van der Waals surface area (Å²) in [7, 11) is 0. The quantitative estimate of drug-likeness (QED) is 0.0746. The number of esters is 1. The van der Waals surface area contributed by atoms with Crippen LogP contribution < -0.4 is 17.2 Å². The summed E-state index contributed by atoms with van der Waals surface area (Å²) in [4.78, 5) is 57.9. The Morgan fingerprint density at radius 2 is 1.12 bits per heavy atom. The van der Waals surface area contributed by atoms with Crippen LogP contribution in [-0.4, -0.2) is 58.2 Å². The maximum Gasteiger partial charge on any atom is 0.421 e. The monoisotopic (exact) mass is 591 g/mol. The third-order valence-corrected chi connectivity index (χ3v) is 6.25. The van der Waals surface area contributed by atoms with Crippen LogP contribution in [0.3, 0.4) is 0 Å². The van der Waals surface area contributed by atoms with E-state index in [-0.39, 0.29) is 43.6 Å². The van der Waals surface area contributed by atoms with Crippen LogP contribution in [0.1, 0.15) is 23.1 Å². The molecular formula is C30H33N5O8. The molecule has 0 aliphatic carbocycles. The van der Waals surface area contributed by atoms with Gasteiger partial charge in [0.1, 0.15) is 19.8 Å². The average molecular weight is 592 g/mol. The molecule has 0 aliphatic rings. The summed E-state index contributed by atoms with van der Waals surface area (Å²) in [6.45, 7) is -1.35. The standard InChI is InChI=1S/C30H33N5O8/c31-24(16-17-34-27(32)33)30(25(36)37,26(38)41-18-21-10-4-1-5-11-21)35(28(39)42-19-22-12-6-2-7-13-22)29(40)43-20-23-14-8-3-9-15-23/h1-15,24H,16-20,31H2,(H,36,37)(H4,32,33,34)/t24?,30-/m0/s1. The second-order valence-electron chi connectivity index (χ2n) is 9.25. The molecule has 0 bridgehead atoms. The first-order chi connectivity index (χ1) is 20.7. The molecule has 0 fully saturated rings. The van der Waals surface area contributed by atoms with E-state index in [1.807, 2.05) is 0 Å². The number of aliphatic carboxylic acids is 1. The first-order valence-corrected chi connectivity index (χ1v) is 13.1. The molecule has 3 aromatic rings. The molecule has 0 spiro atoms. The zero-order valence-corrected chi connectivity index (χ0v) is 23.2. The topological polar surface area (TPSA) is 210 Å². The lowest BCUT2D eigenvalue weighted by molar-refractivity contribution is -0.172. The number of carboxylic acids is 1. The number of guanidine groups is 1. The molecule has 0 radical (unpaired) electrons. The van der Waals surface area contributed by atoms with Gasteiger partial charge >= 0.3 is 24.1 Å². The van der Waals surface area contributed by atoms with E-state index in [0.29, 0.717) is 16.7 Å². The van der Waals surface area contributed by atoms with E-state index in [9.17, 15) is 24.3 Å². The van der Waals surface area contributed by atoms with Crippen molar-refractivity contribution in [3.05, 3.63) is 108 Å². The average Bonchev–Trinajstić information content (AvgIpc) is 3.01. The predicted octanol–water partition coefficient (Wildman–Crippen LogP) is 2.52. The van der Waals surface area contributed by atoms with Crippen molar-refractivity contribution in [1.82, 2.24) is 4.90 Å². The largest absolute Gasteiger partial charge is 0.479 e. The molecule has 2 atom stereocenters. The van der Waals surface area contributed by atoms with E-state index < -0.39 is 35.7 Å². The normalized spacial score (nSPS) is 12.6. The molecule has 3 aromatic carbocycles. The maximum absolute atomic E-state index is 13.8. The van der Waals surface area contributed by atoms with Crippen LogP contribution in [-0.2, 0) is 43.6 Å². The van der Waals surface area contributed by atoms with E-state index in [4.69, 9.17) is 31.4 Å². The molecule has 1 unspecified atom stereocenters. The highest BCUT2D eigenvalue weighted by Gasteiger charge is 2.63. The molecular weight excluding hydrogens is 558 g/mol. The third-order valence-electron chi connectivity index (χ3n) is 6.25. The van der Waals surface area contributed by atoms with Gasteiger partial charge in [-0.3, -0.25) is 4.99 Å². The zero-order chi connectivity index (χ0) is 31.2. The molecule has 226 valence electrons. The minimum absolute atomic E-state index is 0.0503. The Kier molecular flexibility index (Phi) is 11.6. The highest BCUT2D eigenvalue weighted by atomic mass is 16.6. The second-order valence-corrected chi connectivity index (χ2v) is 9.25. The Morgan fingerprint density at radius 1 is 0.721 bits per heavy atom. The van der Waals surface area contributed by atoms with Gasteiger partial charge in [0.15, 0.2) is 5.96 Å². The van der Waals surface area contributed by atoms with Crippen LogP contribution in [0.2, 0.25) is 0 Å². The molecule has 0 aromatic heterocycles. The van der Waals surface area contributed by atoms with E-state index in [0.717, 1.165) is 0 Å². The minimum Gasteiger partial charge on any atom is -0.479 e. The van der Waals surface area contributed by atoms with Gasteiger partial charge < -0.3 is 36.5 Å². The Bertz CT molecular complexity index is 1350. The summed E-state index contributed by atoms with van der Waals surface area (Å²) in [5.74, 6) is -3.79. The van der Waals surface area contributed by atoms with Crippen molar-refractivity contribution in [2.45, 2.75) is 37.8 Å². The van der Waals surface area contributed by atoms with Crippen molar-refractivity contribution in [3.8, 4) is 0 Å². The summed E-state index contributed by atoms with van der Waals surface area (Å²) in [6, 6.07) is 23.4. The second kappa shape index (κ2) is 15.5. The number of carboxylic acid groups (broad SMARTS) is 1. The summed E-state index contributed by atoms with van der Waals surface area (Å²) in [5.41, 5.74) is 15.5. The lowest BCUT2D eigenvalue weighted by atomic mass is 9.86. The fourth-order valence-corrected chi connectivity index (χ4v) is 4.06. The lowest BCUT2D eigenvalue weighted by Crippen LogP contribution is -2.72. The van der Waals surface area contributed by atoms with Crippen molar-refractivity contribution < 1.29 is 38.5 Å². The fraction of sp³-hybridized carbons (Fsp3) is 0.233. The molecule has 0 heterocycles. The number of amides is 2. The number of ether oxygens (including phenoxy) is 3. The lowest BCUT2D eigenvalue weighted by Gasteiger charge is -2.39. The number of imide groups is 1. The zero-order valence-electron chi connectivity index (χ0n) is 23.2. The molecule has 13 heteroatoms. The van der Waals surface area contributed by atoms with Gasteiger partial charge in [-0.15, -0.1) is 0 Å². The first kappa shape index (κ1) is 32.1. The number of carbonyl (C=O) groups excluding carboxylic acids is 3. The van der Waals surface area contributed by atoms with Crippen LogP contribution in [0, 0.1) is 0 Å². The van der Waals surface area contributed by atoms with Crippen LogP contribution in [0.25, 0.3) is 0 Å². The number of nitrogens with zero attached hydrogens (tertiary/aromatic N) is 2. The number of aliphatic imine (C=N–C) groups is 1. The molecule has 3 rings (SSSR count). The number of rotatable bonds is 13. The van der Waals surface area contributed by atoms with Crippen molar-refractivity contribution in [2.24, 2.45) is 22.2 Å². The molecule has 43 heavy (non-hydrogen) atoms. The minimum atomic E-state index is -3.14. The summed E-state index contributed by atoms with van der Waals surface area (Å²) in [5, 5.41) is 10.6. The number of hydrogen-bond acceptors (Lipinski definition) is 9. The number of carbonyl (C=O) groups is 4. The van der Waals surface area contributed by atoms with E-state index >= 15 is 0 Å². The van der Waals surface area contributed by atoms with Crippen molar-refractivity contribution in [3.63, 3.8) is 0 Å². The van der Waals surface area contributed by atoms with Gasteiger partial charge in [0.2, 0.25) is 0 Å². The van der Waals surface area contributed by atoms with E-state index in [1.165, 1.54) is 0 Å².